The maximum absolute atomic E-state index is 13.4. The number of nitrogens with zero attached hydrogens (tertiary/aromatic N) is 2. The van der Waals surface area contributed by atoms with E-state index >= 15 is 0 Å². The average molecular weight is 369 g/mol. The van der Waals surface area contributed by atoms with Gasteiger partial charge in [0.15, 0.2) is 6.61 Å². The van der Waals surface area contributed by atoms with Gasteiger partial charge in [0.1, 0.15) is 5.82 Å². The lowest BCUT2D eigenvalue weighted by Crippen LogP contribution is -2.38. The van der Waals surface area contributed by atoms with Crippen LogP contribution in [-0.4, -0.2) is 33.9 Å². The number of carbonyl (C=O) groups is 1. The third-order valence-electron chi connectivity index (χ3n) is 4.71. The number of rotatable bonds is 4. The minimum absolute atomic E-state index is 0.252. The zero-order valence-electron chi connectivity index (χ0n) is 14.3. The summed E-state index contributed by atoms with van der Waals surface area (Å²) in [4.78, 5) is 27.9. The molecule has 0 spiro atoms. The molecule has 0 fully saturated rings. The summed E-state index contributed by atoms with van der Waals surface area (Å²) < 4.78 is 18.6. The van der Waals surface area contributed by atoms with Crippen LogP contribution in [0.15, 0.2) is 42.5 Å². The normalized spacial score (nSPS) is 13.4. The lowest BCUT2D eigenvalue weighted by molar-refractivity contribution is -0.385. The number of hydrogen-bond donors (Lipinski definition) is 1. The van der Waals surface area contributed by atoms with Crippen LogP contribution in [0.25, 0.3) is 10.9 Å². The van der Waals surface area contributed by atoms with Crippen LogP contribution in [0.5, 0.6) is 5.75 Å². The fourth-order valence-electron chi connectivity index (χ4n) is 3.36. The quantitative estimate of drug-likeness (QED) is 0.565. The summed E-state index contributed by atoms with van der Waals surface area (Å²) in [6, 6.07) is 10.8. The molecule has 0 radical (unpaired) electrons. The van der Waals surface area contributed by atoms with Crippen LogP contribution in [0, 0.1) is 15.9 Å². The number of ether oxygens (including phenoxy) is 1. The van der Waals surface area contributed by atoms with E-state index < -0.39 is 10.7 Å². The molecule has 0 unspecified atom stereocenters. The summed E-state index contributed by atoms with van der Waals surface area (Å²) in [6.45, 7) is 0.571. The van der Waals surface area contributed by atoms with Crippen molar-refractivity contribution < 1.29 is 18.8 Å². The molecule has 2 heterocycles. The van der Waals surface area contributed by atoms with Crippen LogP contribution in [0.2, 0.25) is 0 Å². The second-order valence-electron chi connectivity index (χ2n) is 6.35. The summed E-state index contributed by atoms with van der Waals surface area (Å²) in [5.74, 6) is -1.22. The van der Waals surface area contributed by atoms with Crippen molar-refractivity contribution in [2.24, 2.45) is 0 Å². The summed E-state index contributed by atoms with van der Waals surface area (Å²) in [7, 11) is 0. The first kappa shape index (κ1) is 17.0. The van der Waals surface area contributed by atoms with Gasteiger partial charge in [0.2, 0.25) is 5.75 Å². The number of benzene rings is 2. The number of H-pyrrole nitrogens is 1. The number of halogens is 1. The Morgan fingerprint density at radius 2 is 2.11 bits per heavy atom. The lowest BCUT2D eigenvalue weighted by atomic mass is 10.0. The van der Waals surface area contributed by atoms with Gasteiger partial charge in [-0.25, -0.2) is 4.39 Å². The van der Waals surface area contributed by atoms with E-state index in [0.29, 0.717) is 19.5 Å². The Hall–Kier alpha value is -3.42. The average Bonchev–Trinajstić information content (AvgIpc) is 3.03. The Morgan fingerprint density at radius 1 is 1.30 bits per heavy atom. The molecule has 0 aliphatic carbocycles. The Balaban J connectivity index is 1.49. The predicted molar refractivity (Wildman–Crippen MR) is 96.0 cm³/mol. The van der Waals surface area contributed by atoms with Crippen molar-refractivity contribution in [1.82, 2.24) is 9.88 Å². The van der Waals surface area contributed by atoms with Crippen LogP contribution in [-0.2, 0) is 17.8 Å². The molecule has 4 rings (SSSR count). The number of nitrogens with one attached hydrogen (secondary N) is 1. The van der Waals surface area contributed by atoms with Gasteiger partial charge in [-0.15, -0.1) is 0 Å². The molecule has 1 aliphatic heterocycles. The first-order valence-corrected chi connectivity index (χ1v) is 8.46. The van der Waals surface area contributed by atoms with Gasteiger partial charge < -0.3 is 14.6 Å². The molecular weight excluding hydrogens is 353 g/mol. The number of nitro benzene ring substituents is 1. The minimum atomic E-state index is -0.668. The Kier molecular flexibility index (Phi) is 4.23. The van der Waals surface area contributed by atoms with Crippen LogP contribution in [0.1, 0.15) is 11.3 Å². The molecule has 1 N–H and O–H groups in total. The van der Waals surface area contributed by atoms with Gasteiger partial charge in [0.25, 0.3) is 5.91 Å². The third-order valence-corrected chi connectivity index (χ3v) is 4.71. The molecule has 0 atom stereocenters. The number of hydrogen-bond acceptors (Lipinski definition) is 4. The van der Waals surface area contributed by atoms with E-state index in [2.05, 4.69) is 4.98 Å². The molecule has 3 aromatic rings. The number of carbonyl (C=O) groups excluding carboxylic acids is 1. The predicted octanol–water partition coefficient (Wildman–Crippen LogP) is 3.18. The number of aromatic amines is 1. The van der Waals surface area contributed by atoms with Crippen LogP contribution >= 0.6 is 0 Å². The highest BCUT2D eigenvalue weighted by molar-refractivity contribution is 5.86. The topological polar surface area (TPSA) is 88.5 Å². The van der Waals surface area contributed by atoms with Crippen LogP contribution in [0.4, 0.5) is 10.1 Å². The van der Waals surface area contributed by atoms with Crippen LogP contribution in [0.3, 0.4) is 0 Å². The van der Waals surface area contributed by atoms with E-state index in [0.717, 1.165) is 40.4 Å². The molecule has 2 aromatic carbocycles. The molecule has 138 valence electrons. The largest absolute Gasteiger partial charge is 0.477 e. The van der Waals surface area contributed by atoms with E-state index in [1.165, 1.54) is 0 Å². The van der Waals surface area contributed by atoms with Crippen molar-refractivity contribution in [2.45, 2.75) is 13.0 Å². The molecule has 0 saturated heterocycles. The molecular formula is C19H16FN3O4. The fraction of sp³-hybridized carbons (Fsp3) is 0.211. The highest BCUT2D eigenvalue weighted by atomic mass is 19.1. The molecule has 0 bridgehead atoms. The number of aromatic nitrogens is 1. The van der Waals surface area contributed by atoms with Gasteiger partial charge >= 0.3 is 5.69 Å². The highest BCUT2D eigenvalue weighted by Gasteiger charge is 2.25. The lowest BCUT2D eigenvalue weighted by Gasteiger charge is -2.27. The summed E-state index contributed by atoms with van der Waals surface area (Å²) in [5, 5.41) is 12.1. The van der Waals surface area contributed by atoms with E-state index in [4.69, 9.17) is 4.74 Å². The molecule has 7 nitrogen and oxygen atoms in total. The van der Waals surface area contributed by atoms with Gasteiger partial charge in [-0.1, -0.05) is 18.2 Å². The maximum atomic E-state index is 13.4. The van der Waals surface area contributed by atoms with E-state index in [-0.39, 0.29) is 24.0 Å². The van der Waals surface area contributed by atoms with Crippen molar-refractivity contribution in [3.05, 3.63) is 69.7 Å². The minimum Gasteiger partial charge on any atom is -0.477 e. The second-order valence-corrected chi connectivity index (χ2v) is 6.35. The molecule has 1 aliphatic rings. The van der Waals surface area contributed by atoms with Crippen LogP contribution < -0.4 is 4.74 Å². The summed E-state index contributed by atoms with van der Waals surface area (Å²) >= 11 is 0. The van der Waals surface area contributed by atoms with E-state index in [9.17, 15) is 19.3 Å². The van der Waals surface area contributed by atoms with E-state index in [1.807, 2.05) is 24.3 Å². The summed E-state index contributed by atoms with van der Waals surface area (Å²) in [5.41, 5.74) is 2.84. The Labute approximate surface area is 153 Å². The fourth-order valence-corrected chi connectivity index (χ4v) is 3.36. The number of nitro groups is 1. The second kappa shape index (κ2) is 6.71. The zero-order valence-corrected chi connectivity index (χ0v) is 14.3. The highest BCUT2D eigenvalue weighted by Crippen LogP contribution is 2.29. The van der Waals surface area contributed by atoms with Crippen molar-refractivity contribution in [3.63, 3.8) is 0 Å². The molecule has 8 heteroatoms. The maximum Gasteiger partial charge on any atom is 0.311 e. The smallest absolute Gasteiger partial charge is 0.311 e. The monoisotopic (exact) mass is 369 g/mol. The van der Waals surface area contributed by atoms with Crippen molar-refractivity contribution in [2.75, 3.05) is 13.2 Å². The van der Waals surface area contributed by atoms with Gasteiger partial charge in [0.05, 0.1) is 4.92 Å². The molecule has 1 aromatic heterocycles. The number of fused-ring (bicyclic) bond motifs is 3. The standard InChI is InChI=1S/C19H16FN3O4/c20-12-5-6-17(23(25)26)18(9-12)27-11-19(24)22-8-7-16-14(10-22)13-3-1-2-4-15(13)21-16/h1-6,9,21H,7-8,10-11H2. The third kappa shape index (κ3) is 3.21. The Bertz CT molecular complexity index is 1050. The molecule has 0 saturated carbocycles. The SMILES string of the molecule is O=C(COc1cc(F)ccc1[N+](=O)[O-])N1CCc2[nH]c3ccccc3c2C1. The molecule has 27 heavy (non-hydrogen) atoms. The van der Waals surface area contributed by atoms with Crippen molar-refractivity contribution in [3.8, 4) is 5.75 Å². The van der Waals surface area contributed by atoms with Gasteiger partial charge in [-0.3, -0.25) is 14.9 Å². The van der Waals surface area contributed by atoms with E-state index in [1.54, 1.807) is 4.90 Å². The first-order valence-electron chi connectivity index (χ1n) is 8.46. The van der Waals surface area contributed by atoms with Gasteiger partial charge in [-0.2, -0.15) is 0 Å². The number of para-hydroxylation sites is 1. The van der Waals surface area contributed by atoms with Crippen molar-refractivity contribution in [1.29, 1.82) is 0 Å². The van der Waals surface area contributed by atoms with Crippen molar-refractivity contribution >= 4 is 22.5 Å². The summed E-state index contributed by atoms with van der Waals surface area (Å²) in [6.07, 6.45) is 0.690. The Morgan fingerprint density at radius 3 is 2.93 bits per heavy atom. The molecule has 1 amide bonds. The first-order chi connectivity index (χ1) is 13.0. The van der Waals surface area contributed by atoms with Gasteiger partial charge in [0, 0.05) is 53.8 Å². The van der Waals surface area contributed by atoms with Gasteiger partial charge in [-0.05, 0) is 12.1 Å². The zero-order chi connectivity index (χ0) is 19.0. The number of amides is 1.